The van der Waals surface area contributed by atoms with Crippen LogP contribution in [0.5, 0.6) is 11.5 Å². The number of carbonyl (C=O) groups is 1. The summed E-state index contributed by atoms with van der Waals surface area (Å²) in [5.41, 5.74) is 0.903. The van der Waals surface area contributed by atoms with Crippen LogP contribution in [0.3, 0.4) is 0 Å². The molecule has 2 aliphatic heterocycles. The smallest absolute Gasteiger partial charge is 0.387 e. The van der Waals surface area contributed by atoms with Crippen molar-refractivity contribution in [3.8, 4) is 11.5 Å². The lowest BCUT2D eigenvalue weighted by atomic mass is 10.1. The Hall–Kier alpha value is -2.26. The predicted octanol–water partition coefficient (Wildman–Crippen LogP) is 2.92. The maximum absolute atomic E-state index is 12.6. The molecule has 0 bridgehead atoms. The van der Waals surface area contributed by atoms with E-state index in [0.29, 0.717) is 29.5 Å². The second kappa shape index (κ2) is 8.62. The second-order valence-corrected chi connectivity index (χ2v) is 6.44. The van der Waals surface area contributed by atoms with Gasteiger partial charge in [-0.3, -0.25) is 9.69 Å². The van der Waals surface area contributed by atoms with E-state index in [1.165, 1.54) is 17.0 Å². The summed E-state index contributed by atoms with van der Waals surface area (Å²) < 4.78 is 40.4. The van der Waals surface area contributed by atoms with Crippen LogP contribution < -0.4 is 14.8 Å². The van der Waals surface area contributed by atoms with Crippen molar-refractivity contribution < 1.29 is 27.8 Å². The zero-order valence-corrected chi connectivity index (χ0v) is 15.6. The van der Waals surface area contributed by atoms with Gasteiger partial charge in [-0.1, -0.05) is 6.07 Å². The van der Waals surface area contributed by atoms with Gasteiger partial charge in [0.15, 0.2) is 16.6 Å². The first-order chi connectivity index (χ1) is 13.0. The molecule has 1 atom stereocenters. The molecule has 0 aromatic heterocycles. The summed E-state index contributed by atoms with van der Waals surface area (Å²) in [6, 6.07) is 4.48. The molecule has 0 saturated carbocycles. The molecule has 1 amide bonds. The van der Waals surface area contributed by atoms with Crippen molar-refractivity contribution in [3.63, 3.8) is 0 Å². The number of ether oxygens (including phenoxy) is 3. The normalized spacial score (nSPS) is 21.3. The summed E-state index contributed by atoms with van der Waals surface area (Å²) in [4.78, 5) is 14.1. The van der Waals surface area contributed by atoms with Crippen LogP contribution in [0.4, 0.5) is 8.78 Å². The summed E-state index contributed by atoms with van der Waals surface area (Å²) >= 11 is 5.25. The summed E-state index contributed by atoms with van der Waals surface area (Å²) in [7, 11) is 0. The Morgan fingerprint density at radius 1 is 1.44 bits per heavy atom. The van der Waals surface area contributed by atoms with Gasteiger partial charge >= 0.3 is 6.61 Å². The molecule has 0 aliphatic carbocycles. The zero-order valence-electron chi connectivity index (χ0n) is 14.7. The first kappa shape index (κ1) is 19.5. The first-order valence-corrected chi connectivity index (χ1v) is 9.06. The summed E-state index contributed by atoms with van der Waals surface area (Å²) in [6.45, 7) is 0.183. The molecule has 2 heterocycles. The lowest BCUT2D eigenvalue weighted by molar-refractivity contribution is -0.123. The van der Waals surface area contributed by atoms with Crippen LogP contribution in [0.2, 0.25) is 0 Å². The van der Waals surface area contributed by atoms with Gasteiger partial charge in [-0.15, -0.1) is 0 Å². The molecule has 27 heavy (non-hydrogen) atoms. The molecule has 6 nitrogen and oxygen atoms in total. The van der Waals surface area contributed by atoms with Crippen molar-refractivity contribution in [2.24, 2.45) is 0 Å². The largest absolute Gasteiger partial charge is 0.490 e. The van der Waals surface area contributed by atoms with E-state index in [1.54, 1.807) is 19.1 Å². The van der Waals surface area contributed by atoms with Gasteiger partial charge in [0.2, 0.25) is 0 Å². The highest BCUT2D eigenvalue weighted by atomic mass is 32.1. The molecular formula is C18H20F2N2O4S. The van der Waals surface area contributed by atoms with Gasteiger partial charge < -0.3 is 19.5 Å². The molecule has 0 radical (unpaired) electrons. The van der Waals surface area contributed by atoms with Crippen LogP contribution in [-0.2, 0) is 9.53 Å². The zero-order chi connectivity index (χ0) is 19.4. The van der Waals surface area contributed by atoms with E-state index in [4.69, 9.17) is 21.7 Å². The Kier molecular flexibility index (Phi) is 6.22. The number of rotatable bonds is 7. The second-order valence-electron chi connectivity index (χ2n) is 6.06. The van der Waals surface area contributed by atoms with Gasteiger partial charge in [-0.2, -0.15) is 8.78 Å². The fraction of sp³-hybridized carbons (Fsp3) is 0.444. The minimum atomic E-state index is -2.95. The van der Waals surface area contributed by atoms with Gasteiger partial charge in [-0.05, 0) is 55.8 Å². The van der Waals surface area contributed by atoms with E-state index in [1.807, 2.05) is 0 Å². The third kappa shape index (κ3) is 4.72. The number of halogens is 2. The summed E-state index contributed by atoms with van der Waals surface area (Å²) in [6.07, 6.45) is 3.46. The molecule has 146 valence electrons. The molecule has 1 aromatic carbocycles. The molecule has 2 saturated heterocycles. The Bertz CT molecular complexity index is 751. The van der Waals surface area contributed by atoms with Gasteiger partial charge in [0, 0.05) is 6.61 Å². The number of carbonyl (C=O) groups excluding carboxylic acids is 1. The Balaban J connectivity index is 1.78. The minimum Gasteiger partial charge on any atom is -0.490 e. The molecule has 1 N–H and O–H groups in total. The van der Waals surface area contributed by atoms with Crippen LogP contribution in [0.15, 0.2) is 23.9 Å². The quantitative estimate of drug-likeness (QED) is 0.563. The van der Waals surface area contributed by atoms with E-state index >= 15 is 0 Å². The van der Waals surface area contributed by atoms with E-state index in [-0.39, 0.29) is 30.1 Å². The van der Waals surface area contributed by atoms with Gasteiger partial charge in [0.1, 0.15) is 5.70 Å². The molecule has 2 fully saturated rings. The van der Waals surface area contributed by atoms with E-state index < -0.39 is 6.61 Å². The maximum Gasteiger partial charge on any atom is 0.387 e. The highest BCUT2D eigenvalue weighted by molar-refractivity contribution is 7.80. The maximum atomic E-state index is 12.6. The number of amides is 1. The average Bonchev–Trinajstić information content (AvgIpc) is 3.21. The molecule has 9 heteroatoms. The third-order valence-corrected chi connectivity index (χ3v) is 4.49. The number of hydrogen-bond acceptors (Lipinski definition) is 5. The van der Waals surface area contributed by atoms with Gasteiger partial charge in [0.05, 0.1) is 19.3 Å². The van der Waals surface area contributed by atoms with Crippen molar-refractivity contribution in [1.29, 1.82) is 0 Å². The number of nitrogens with zero attached hydrogens (tertiary/aromatic N) is 1. The first-order valence-electron chi connectivity index (χ1n) is 8.65. The van der Waals surface area contributed by atoms with Crippen LogP contribution in [0.1, 0.15) is 25.3 Å². The van der Waals surface area contributed by atoms with Crippen LogP contribution in [0, 0.1) is 0 Å². The van der Waals surface area contributed by atoms with Crippen molar-refractivity contribution in [2.75, 3.05) is 19.8 Å². The summed E-state index contributed by atoms with van der Waals surface area (Å²) in [5.74, 6) is -0.131. The average molecular weight is 398 g/mol. The number of hydrogen-bond donors (Lipinski definition) is 1. The van der Waals surface area contributed by atoms with Crippen LogP contribution in [-0.4, -0.2) is 48.4 Å². The van der Waals surface area contributed by atoms with E-state index in [2.05, 4.69) is 10.1 Å². The fourth-order valence-corrected chi connectivity index (χ4v) is 3.24. The Morgan fingerprint density at radius 2 is 2.26 bits per heavy atom. The van der Waals surface area contributed by atoms with Crippen molar-refractivity contribution >= 4 is 29.3 Å². The minimum absolute atomic E-state index is 0.0108. The fourth-order valence-electron chi connectivity index (χ4n) is 2.97. The Labute approximate surface area is 161 Å². The van der Waals surface area contributed by atoms with Crippen molar-refractivity contribution in [2.45, 2.75) is 32.5 Å². The Morgan fingerprint density at radius 3 is 2.93 bits per heavy atom. The van der Waals surface area contributed by atoms with Gasteiger partial charge in [-0.25, -0.2) is 0 Å². The van der Waals surface area contributed by atoms with E-state index in [9.17, 15) is 13.6 Å². The number of alkyl halides is 2. The number of nitrogens with one attached hydrogen (secondary N) is 1. The van der Waals surface area contributed by atoms with E-state index in [0.717, 1.165) is 12.8 Å². The van der Waals surface area contributed by atoms with Crippen molar-refractivity contribution in [3.05, 3.63) is 29.5 Å². The summed E-state index contributed by atoms with van der Waals surface area (Å²) in [5, 5.41) is 3.22. The standard InChI is InChI=1S/C18H20F2N2O4S/c1-2-24-15-9-11(5-6-14(15)26-17(19)20)8-13-16(23)22(18(27)21-13)10-12-4-3-7-25-12/h5-6,8-9,12,17H,2-4,7,10H2,1H3,(H,21,27)/b13-8-/t12-/m0/s1. The number of benzene rings is 1. The number of thiocarbonyl (C=S) groups is 1. The third-order valence-electron chi connectivity index (χ3n) is 4.17. The molecular weight excluding hydrogens is 378 g/mol. The molecule has 1 aromatic rings. The molecule has 0 unspecified atom stereocenters. The molecule has 3 rings (SSSR count). The topological polar surface area (TPSA) is 60.0 Å². The van der Waals surface area contributed by atoms with Crippen LogP contribution >= 0.6 is 12.2 Å². The lowest BCUT2D eigenvalue weighted by Gasteiger charge is -2.18. The highest BCUT2D eigenvalue weighted by Crippen LogP contribution is 2.31. The highest BCUT2D eigenvalue weighted by Gasteiger charge is 2.33. The monoisotopic (exact) mass is 398 g/mol. The molecule has 0 spiro atoms. The SMILES string of the molecule is CCOc1cc(/C=C2\NC(=S)N(C[C@@H]3CCCO3)C2=O)ccc1OC(F)F. The molecule has 2 aliphatic rings. The van der Waals surface area contributed by atoms with Gasteiger partial charge in [0.25, 0.3) is 5.91 Å². The van der Waals surface area contributed by atoms with Crippen molar-refractivity contribution in [1.82, 2.24) is 10.2 Å². The lowest BCUT2D eigenvalue weighted by Crippen LogP contribution is -2.37. The van der Waals surface area contributed by atoms with Crippen LogP contribution in [0.25, 0.3) is 6.08 Å². The predicted molar refractivity (Wildman–Crippen MR) is 98.6 cm³/mol.